The molecular formula is C21H25N3O3. The molecule has 2 aromatic carbocycles. The molecule has 2 aliphatic rings. The van der Waals surface area contributed by atoms with E-state index in [-0.39, 0.29) is 5.41 Å². The van der Waals surface area contributed by atoms with Crippen LogP contribution in [0.3, 0.4) is 0 Å². The first-order valence-corrected chi connectivity index (χ1v) is 9.13. The van der Waals surface area contributed by atoms with Crippen molar-refractivity contribution in [1.29, 1.82) is 0 Å². The molecule has 27 heavy (non-hydrogen) atoms. The van der Waals surface area contributed by atoms with Gasteiger partial charge in [-0.2, -0.15) is 0 Å². The van der Waals surface area contributed by atoms with Gasteiger partial charge in [-0.05, 0) is 61.5 Å². The Morgan fingerprint density at radius 1 is 1.15 bits per heavy atom. The lowest BCUT2D eigenvalue weighted by atomic mass is 9.81. The molecule has 2 heterocycles. The predicted octanol–water partition coefficient (Wildman–Crippen LogP) is 3.68. The van der Waals surface area contributed by atoms with Crippen molar-refractivity contribution in [3.63, 3.8) is 0 Å². The van der Waals surface area contributed by atoms with Crippen LogP contribution in [-0.4, -0.2) is 44.9 Å². The van der Waals surface area contributed by atoms with E-state index in [9.17, 15) is 4.79 Å². The van der Waals surface area contributed by atoms with Crippen LogP contribution in [0, 0.1) is 0 Å². The van der Waals surface area contributed by atoms with Crippen molar-refractivity contribution in [2.24, 2.45) is 0 Å². The number of likely N-dealkylation sites (N-methyl/N-ethyl adjacent to an activating group) is 2. The number of benzene rings is 2. The second kappa shape index (κ2) is 6.46. The molecule has 0 saturated carbocycles. The summed E-state index contributed by atoms with van der Waals surface area (Å²) in [5, 5.41) is 2.85. The number of carbonyl (C=O) groups excluding carboxylic acids is 1. The Kier molecular flexibility index (Phi) is 4.23. The molecule has 4 rings (SSSR count). The molecule has 1 saturated heterocycles. The van der Waals surface area contributed by atoms with Crippen molar-refractivity contribution < 1.29 is 14.3 Å². The standard InChI is InChI=1S/C21H25N3O3/c1-21-11-12-23(2)19(21)24(3)18-10-5-14(13-17(18)21)22-20(25)27-16-8-6-15(26-4)7-9-16/h5-10,13,19H,11-12H2,1-4H3,(H,22,25). The van der Waals surface area contributed by atoms with E-state index in [1.54, 1.807) is 31.4 Å². The first-order valence-electron chi connectivity index (χ1n) is 9.13. The van der Waals surface area contributed by atoms with E-state index < -0.39 is 6.09 Å². The minimum atomic E-state index is -0.503. The molecule has 0 aliphatic carbocycles. The summed E-state index contributed by atoms with van der Waals surface area (Å²) in [6.45, 7) is 3.38. The Morgan fingerprint density at radius 3 is 2.56 bits per heavy atom. The molecule has 0 bridgehead atoms. The number of rotatable bonds is 3. The quantitative estimate of drug-likeness (QED) is 0.897. The number of nitrogens with zero attached hydrogens (tertiary/aromatic N) is 2. The molecule has 6 nitrogen and oxygen atoms in total. The highest BCUT2D eigenvalue weighted by molar-refractivity contribution is 5.87. The van der Waals surface area contributed by atoms with Gasteiger partial charge in [-0.25, -0.2) is 4.79 Å². The van der Waals surface area contributed by atoms with Gasteiger partial charge >= 0.3 is 6.09 Å². The lowest BCUT2D eigenvalue weighted by molar-refractivity contribution is 0.215. The van der Waals surface area contributed by atoms with Gasteiger partial charge in [-0.1, -0.05) is 6.92 Å². The first-order chi connectivity index (χ1) is 12.9. The number of fused-ring (bicyclic) bond motifs is 3. The molecule has 1 fully saturated rings. The van der Waals surface area contributed by atoms with E-state index in [0.29, 0.717) is 11.9 Å². The minimum absolute atomic E-state index is 0.0659. The summed E-state index contributed by atoms with van der Waals surface area (Å²) < 4.78 is 10.5. The van der Waals surface area contributed by atoms with Crippen LogP contribution in [0.5, 0.6) is 11.5 Å². The van der Waals surface area contributed by atoms with Gasteiger partial charge in [0.1, 0.15) is 11.5 Å². The molecular weight excluding hydrogens is 342 g/mol. The third kappa shape index (κ3) is 2.90. The number of anilines is 2. The Balaban J connectivity index is 1.51. The number of carbonyl (C=O) groups is 1. The average molecular weight is 367 g/mol. The fourth-order valence-corrected chi connectivity index (χ4v) is 4.55. The molecule has 0 aromatic heterocycles. The zero-order valence-electron chi connectivity index (χ0n) is 16.2. The van der Waals surface area contributed by atoms with Crippen LogP contribution >= 0.6 is 0 Å². The fraction of sp³-hybridized carbons (Fsp3) is 0.381. The fourth-order valence-electron chi connectivity index (χ4n) is 4.55. The zero-order valence-corrected chi connectivity index (χ0v) is 16.2. The van der Waals surface area contributed by atoms with E-state index in [4.69, 9.17) is 9.47 Å². The maximum Gasteiger partial charge on any atom is 0.417 e. The van der Waals surface area contributed by atoms with Crippen LogP contribution < -0.4 is 19.7 Å². The SMILES string of the molecule is COc1ccc(OC(=O)Nc2ccc3c(c2)C2(C)CCN(C)C2N3C)cc1. The van der Waals surface area contributed by atoms with Crippen molar-refractivity contribution in [2.45, 2.75) is 24.9 Å². The molecule has 0 spiro atoms. The summed E-state index contributed by atoms with van der Waals surface area (Å²) in [6.07, 6.45) is 0.955. The molecule has 1 amide bonds. The second-order valence-electron chi connectivity index (χ2n) is 7.55. The van der Waals surface area contributed by atoms with E-state index in [1.807, 2.05) is 6.07 Å². The Labute approximate surface area is 159 Å². The van der Waals surface area contributed by atoms with Gasteiger partial charge in [0.15, 0.2) is 0 Å². The number of amides is 1. The molecule has 0 radical (unpaired) electrons. The highest BCUT2D eigenvalue weighted by atomic mass is 16.6. The highest BCUT2D eigenvalue weighted by Gasteiger charge is 2.52. The molecule has 2 aliphatic heterocycles. The van der Waals surface area contributed by atoms with E-state index >= 15 is 0 Å². The number of likely N-dealkylation sites (tertiary alicyclic amines) is 1. The topological polar surface area (TPSA) is 54.0 Å². The maximum atomic E-state index is 12.3. The molecule has 2 atom stereocenters. The van der Waals surface area contributed by atoms with Gasteiger partial charge in [-0.15, -0.1) is 0 Å². The zero-order chi connectivity index (χ0) is 19.2. The van der Waals surface area contributed by atoms with Crippen LogP contribution in [0.2, 0.25) is 0 Å². The average Bonchev–Trinajstić information content (AvgIpc) is 3.08. The van der Waals surface area contributed by atoms with Gasteiger partial charge in [-0.3, -0.25) is 10.2 Å². The lowest BCUT2D eigenvalue weighted by Gasteiger charge is -2.32. The summed E-state index contributed by atoms with van der Waals surface area (Å²) in [4.78, 5) is 17.0. The Bertz CT molecular complexity index is 867. The van der Waals surface area contributed by atoms with Crippen LogP contribution in [0.25, 0.3) is 0 Å². The third-order valence-electron chi connectivity index (χ3n) is 5.85. The predicted molar refractivity (Wildman–Crippen MR) is 106 cm³/mol. The molecule has 2 aromatic rings. The van der Waals surface area contributed by atoms with E-state index in [1.165, 1.54) is 11.3 Å². The van der Waals surface area contributed by atoms with Gasteiger partial charge < -0.3 is 14.4 Å². The molecule has 2 unspecified atom stereocenters. The number of ether oxygens (including phenoxy) is 2. The van der Waals surface area contributed by atoms with Gasteiger partial charge in [0, 0.05) is 30.4 Å². The van der Waals surface area contributed by atoms with Crippen LogP contribution in [-0.2, 0) is 5.41 Å². The van der Waals surface area contributed by atoms with Crippen molar-refractivity contribution in [3.8, 4) is 11.5 Å². The monoisotopic (exact) mass is 367 g/mol. The van der Waals surface area contributed by atoms with Crippen molar-refractivity contribution in [1.82, 2.24) is 4.90 Å². The van der Waals surface area contributed by atoms with Gasteiger partial charge in [0.25, 0.3) is 0 Å². The highest BCUT2D eigenvalue weighted by Crippen LogP contribution is 2.51. The smallest absolute Gasteiger partial charge is 0.417 e. The molecule has 1 N–H and O–H groups in total. The van der Waals surface area contributed by atoms with E-state index in [2.05, 4.69) is 48.3 Å². The third-order valence-corrected chi connectivity index (χ3v) is 5.85. The summed E-state index contributed by atoms with van der Waals surface area (Å²) >= 11 is 0. The van der Waals surface area contributed by atoms with Gasteiger partial charge in [0.05, 0.1) is 13.3 Å². The minimum Gasteiger partial charge on any atom is -0.497 e. The van der Waals surface area contributed by atoms with Gasteiger partial charge in [0.2, 0.25) is 0 Å². The molecule has 6 heteroatoms. The van der Waals surface area contributed by atoms with Crippen LogP contribution in [0.15, 0.2) is 42.5 Å². The van der Waals surface area contributed by atoms with Crippen molar-refractivity contribution >= 4 is 17.5 Å². The number of hydrogen-bond acceptors (Lipinski definition) is 5. The summed E-state index contributed by atoms with van der Waals surface area (Å²) in [5.74, 6) is 1.19. The summed E-state index contributed by atoms with van der Waals surface area (Å²) in [6, 6.07) is 13.0. The first kappa shape index (κ1) is 17.7. The number of methoxy groups -OCH3 is 1. The summed E-state index contributed by atoms with van der Waals surface area (Å²) in [5.41, 5.74) is 3.32. The van der Waals surface area contributed by atoms with E-state index in [0.717, 1.165) is 24.4 Å². The molecule has 142 valence electrons. The van der Waals surface area contributed by atoms with Crippen LogP contribution in [0.1, 0.15) is 18.9 Å². The largest absolute Gasteiger partial charge is 0.497 e. The van der Waals surface area contributed by atoms with Crippen molar-refractivity contribution in [2.75, 3.05) is 38.0 Å². The Hall–Kier alpha value is -2.73. The second-order valence-corrected chi connectivity index (χ2v) is 7.55. The van der Waals surface area contributed by atoms with Crippen molar-refractivity contribution in [3.05, 3.63) is 48.0 Å². The number of nitrogens with one attached hydrogen (secondary N) is 1. The lowest BCUT2D eigenvalue weighted by Crippen LogP contribution is -2.45. The summed E-state index contributed by atoms with van der Waals surface area (Å²) in [7, 11) is 5.91. The normalized spacial score (nSPS) is 23.7. The number of hydrogen-bond donors (Lipinski definition) is 1. The Morgan fingerprint density at radius 2 is 1.85 bits per heavy atom. The van der Waals surface area contributed by atoms with Crippen LogP contribution in [0.4, 0.5) is 16.2 Å². The maximum absolute atomic E-state index is 12.3.